The Morgan fingerprint density at radius 2 is 1.35 bits per heavy atom. The molecule has 0 aliphatic rings. The molecule has 0 spiro atoms. The molecule has 0 heterocycles. The molecule has 0 aromatic rings. The zero-order valence-corrected chi connectivity index (χ0v) is 11.7. The van der Waals surface area contributed by atoms with Crippen LogP contribution in [0.3, 0.4) is 0 Å². The summed E-state index contributed by atoms with van der Waals surface area (Å²) < 4.78 is 0. The van der Waals surface area contributed by atoms with Crippen molar-refractivity contribution in [2.24, 2.45) is 0 Å². The van der Waals surface area contributed by atoms with Crippen LogP contribution >= 0.6 is 0 Å². The van der Waals surface area contributed by atoms with Crippen LogP contribution in [0.15, 0.2) is 0 Å². The van der Waals surface area contributed by atoms with Crippen molar-refractivity contribution in [2.45, 2.75) is 42.7 Å². The summed E-state index contributed by atoms with van der Waals surface area (Å²) in [4.78, 5) is 30.2. The van der Waals surface area contributed by atoms with Gasteiger partial charge >= 0.3 is 5.97 Å². The van der Waals surface area contributed by atoms with Gasteiger partial charge in [0.15, 0.2) is 18.5 Å². The standard InChI is InChI=1S/C11H20O12/c12-1-4(15)7(17)9(19)6(3-14)22-23-11(21)10(20)8(18)5(16)2-13/h3-10,12-13,15-20H,1-2H2/t4-,5-,6+,7-,8+,9-,10-/m1/s1. The van der Waals surface area contributed by atoms with Crippen LogP contribution < -0.4 is 0 Å². The van der Waals surface area contributed by atoms with Crippen LogP contribution in [0.5, 0.6) is 0 Å². The highest BCUT2D eigenvalue weighted by Crippen LogP contribution is 2.09. The number of hydrogen-bond acceptors (Lipinski definition) is 12. The summed E-state index contributed by atoms with van der Waals surface area (Å²) in [7, 11) is 0. The predicted molar refractivity (Wildman–Crippen MR) is 67.2 cm³/mol. The molecule has 0 fully saturated rings. The maximum Gasteiger partial charge on any atom is 0.373 e. The number of hydrogen-bond donors (Lipinski definition) is 8. The normalized spacial score (nSPS) is 20.7. The summed E-state index contributed by atoms with van der Waals surface area (Å²) in [5.41, 5.74) is 0. The quantitative estimate of drug-likeness (QED) is 0.0999. The van der Waals surface area contributed by atoms with Crippen LogP contribution in [0.25, 0.3) is 0 Å². The van der Waals surface area contributed by atoms with Gasteiger partial charge in [-0.05, 0) is 0 Å². The highest BCUT2D eigenvalue weighted by atomic mass is 17.2. The molecule has 0 amide bonds. The highest BCUT2D eigenvalue weighted by Gasteiger charge is 2.36. The average molecular weight is 344 g/mol. The van der Waals surface area contributed by atoms with Gasteiger partial charge in [0.1, 0.15) is 30.5 Å². The smallest absolute Gasteiger partial charge is 0.373 e. The topological polar surface area (TPSA) is 214 Å². The molecule has 23 heavy (non-hydrogen) atoms. The molecule has 0 bridgehead atoms. The molecule has 0 aromatic heterocycles. The first-order valence-electron chi connectivity index (χ1n) is 6.33. The number of carbonyl (C=O) groups excluding carboxylic acids is 2. The van der Waals surface area contributed by atoms with E-state index in [1.165, 1.54) is 0 Å². The van der Waals surface area contributed by atoms with Gasteiger partial charge in [-0.15, -0.1) is 0 Å². The van der Waals surface area contributed by atoms with Gasteiger partial charge in [-0.3, -0.25) is 4.89 Å². The number of aliphatic hydroxyl groups excluding tert-OH is 8. The van der Waals surface area contributed by atoms with Crippen molar-refractivity contribution in [3.63, 3.8) is 0 Å². The summed E-state index contributed by atoms with van der Waals surface area (Å²) in [5, 5.41) is 72.7. The zero-order valence-electron chi connectivity index (χ0n) is 11.7. The summed E-state index contributed by atoms with van der Waals surface area (Å²) in [6.07, 6.45) is -14.3. The van der Waals surface area contributed by atoms with Crippen molar-refractivity contribution >= 4 is 12.3 Å². The first kappa shape index (κ1) is 21.8. The molecule has 0 radical (unpaired) electrons. The lowest BCUT2D eigenvalue weighted by atomic mass is 10.0. The van der Waals surface area contributed by atoms with Crippen LogP contribution in [0.1, 0.15) is 0 Å². The van der Waals surface area contributed by atoms with Gasteiger partial charge in [-0.25, -0.2) is 4.79 Å². The highest BCUT2D eigenvalue weighted by molar-refractivity contribution is 5.74. The molecule has 8 N–H and O–H groups in total. The van der Waals surface area contributed by atoms with E-state index in [1.54, 1.807) is 0 Å². The largest absolute Gasteiger partial charge is 0.394 e. The fourth-order valence-electron chi connectivity index (χ4n) is 1.30. The van der Waals surface area contributed by atoms with Gasteiger partial charge < -0.3 is 45.6 Å². The van der Waals surface area contributed by atoms with Crippen LogP contribution in [0.4, 0.5) is 0 Å². The minimum atomic E-state index is -2.34. The molecule has 7 atom stereocenters. The van der Waals surface area contributed by atoms with E-state index in [0.29, 0.717) is 0 Å². The van der Waals surface area contributed by atoms with Crippen molar-refractivity contribution in [1.29, 1.82) is 0 Å². The van der Waals surface area contributed by atoms with Crippen molar-refractivity contribution in [3.8, 4) is 0 Å². The molecule has 0 rings (SSSR count). The van der Waals surface area contributed by atoms with Crippen LogP contribution in [-0.4, -0.2) is 109 Å². The summed E-state index contributed by atoms with van der Waals surface area (Å²) in [6.45, 7) is -1.90. The minimum absolute atomic E-state index is 0.101. The Balaban J connectivity index is 4.61. The van der Waals surface area contributed by atoms with Crippen molar-refractivity contribution in [1.82, 2.24) is 0 Å². The summed E-state index contributed by atoms with van der Waals surface area (Å²) >= 11 is 0. The second-order valence-electron chi connectivity index (χ2n) is 4.52. The van der Waals surface area contributed by atoms with E-state index in [1.807, 2.05) is 0 Å². The first-order valence-corrected chi connectivity index (χ1v) is 6.33. The monoisotopic (exact) mass is 344 g/mol. The van der Waals surface area contributed by atoms with Crippen molar-refractivity contribution in [2.75, 3.05) is 13.2 Å². The lowest BCUT2D eigenvalue weighted by Crippen LogP contribution is -2.48. The Morgan fingerprint density at radius 3 is 1.78 bits per heavy atom. The lowest BCUT2D eigenvalue weighted by Gasteiger charge is -2.25. The Morgan fingerprint density at radius 1 is 0.870 bits per heavy atom. The van der Waals surface area contributed by atoms with Crippen molar-refractivity contribution in [3.05, 3.63) is 0 Å². The zero-order chi connectivity index (χ0) is 18.2. The third-order valence-corrected chi connectivity index (χ3v) is 2.79. The Kier molecular flexibility index (Phi) is 9.98. The van der Waals surface area contributed by atoms with E-state index >= 15 is 0 Å². The van der Waals surface area contributed by atoms with E-state index in [2.05, 4.69) is 9.78 Å². The number of aldehydes is 1. The second kappa shape index (κ2) is 10.5. The maximum atomic E-state index is 11.3. The Labute approximate surface area is 129 Å². The van der Waals surface area contributed by atoms with E-state index in [4.69, 9.17) is 20.4 Å². The molecule has 0 unspecified atom stereocenters. The number of aliphatic hydroxyl groups is 8. The molecular formula is C11H20O12. The molecular weight excluding hydrogens is 324 g/mol. The van der Waals surface area contributed by atoms with E-state index in [-0.39, 0.29) is 6.29 Å². The molecule has 0 saturated carbocycles. The van der Waals surface area contributed by atoms with Crippen molar-refractivity contribution < 1.29 is 60.2 Å². The SMILES string of the molecule is O=C[C@H](OOC(=O)[C@H](O)[C@@H](O)[C@H](O)CO)[C@@H](O)[C@H](O)[C@H](O)CO. The third kappa shape index (κ3) is 6.42. The van der Waals surface area contributed by atoms with E-state index < -0.39 is 61.9 Å². The van der Waals surface area contributed by atoms with Gasteiger partial charge in [0.25, 0.3) is 0 Å². The molecule has 0 aromatic carbocycles. The molecule has 12 heteroatoms. The molecule has 0 aliphatic carbocycles. The summed E-state index contributed by atoms with van der Waals surface area (Å²) in [5.74, 6) is -1.67. The van der Waals surface area contributed by atoms with E-state index in [0.717, 1.165) is 0 Å². The molecule has 12 nitrogen and oxygen atoms in total. The van der Waals surface area contributed by atoms with Gasteiger partial charge in [-0.2, -0.15) is 4.89 Å². The van der Waals surface area contributed by atoms with Crippen LogP contribution in [0, 0.1) is 0 Å². The Bertz CT molecular complexity index is 363. The van der Waals surface area contributed by atoms with Crippen LogP contribution in [-0.2, 0) is 19.4 Å². The predicted octanol–water partition coefficient (Wildman–Crippen LogP) is -5.82. The van der Waals surface area contributed by atoms with E-state index in [9.17, 15) is 30.0 Å². The number of rotatable bonds is 11. The van der Waals surface area contributed by atoms with Gasteiger partial charge in [0.2, 0.25) is 0 Å². The lowest BCUT2D eigenvalue weighted by molar-refractivity contribution is -0.314. The second-order valence-corrected chi connectivity index (χ2v) is 4.52. The van der Waals surface area contributed by atoms with Gasteiger partial charge in [0.05, 0.1) is 13.2 Å². The van der Waals surface area contributed by atoms with Gasteiger partial charge in [0, 0.05) is 0 Å². The molecule has 0 saturated heterocycles. The fourth-order valence-corrected chi connectivity index (χ4v) is 1.30. The fraction of sp³-hybridized carbons (Fsp3) is 0.818. The molecule has 0 aliphatic heterocycles. The molecule has 136 valence electrons. The Hall–Kier alpha value is -1.22. The van der Waals surface area contributed by atoms with Gasteiger partial charge in [-0.1, -0.05) is 0 Å². The van der Waals surface area contributed by atoms with Crippen LogP contribution in [0.2, 0.25) is 0 Å². The number of carbonyl (C=O) groups is 2. The first-order chi connectivity index (χ1) is 10.7. The average Bonchev–Trinajstić information content (AvgIpc) is 2.57. The maximum absolute atomic E-state index is 11.3. The third-order valence-electron chi connectivity index (χ3n) is 2.79. The minimum Gasteiger partial charge on any atom is -0.394 e. The summed E-state index contributed by atoms with van der Waals surface area (Å²) in [6, 6.07) is 0.